The second-order valence-electron chi connectivity index (χ2n) is 4.57. The Morgan fingerprint density at radius 1 is 1.69 bits per heavy atom. The van der Waals surface area contributed by atoms with Crippen LogP contribution in [0.3, 0.4) is 0 Å². The minimum atomic E-state index is -0.288. The van der Waals surface area contributed by atoms with Gasteiger partial charge in [-0.2, -0.15) is 5.10 Å². The predicted molar refractivity (Wildman–Crippen MR) is 63.4 cm³/mol. The minimum Gasteiger partial charge on any atom is -0.391 e. The summed E-state index contributed by atoms with van der Waals surface area (Å²) in [6.07, 6.45) is 2.67. The largest absolute Gasteiger partial charge is 0.391 e. The van der Waals surface area contributed by atoms with E-state index >= 15 is 0 Å². The number of aliphatic hydroxyl groups excluding tert-OH is 1. The highest BCUT2D eigenvalue weighted by Crippen LogP contribution is 2.14. The van der Waals surface area contributed by atoms with Crippen molar-refractivity contribution < 1.29 is 5.11 Å². The molecule has 0 saturated carbocycles. The lowest BCUT2D eigenvalue weighted by atomic mass is 10.0. The molecule has 0 bridgehead atoms. The molecule has 0 radical (unpaired) electrons. The third kappa shape index (κ3) is 2.44. The highest BCUT2D eigenvalue weighted by atomic mass is 16.3. The second-order valence-corrected chi connectivity index (χ2v) is 4.57. The van der Waals surface area contributed by atoms with Crippen LogP contribution in [0.5, 0.6) is 0 Å². The number of rotatable bonds is 4. The maximum absolute atomic E-state index is 10.1. The fraction of sp³-hybridized carbons (Fsp3) is 0.750. The van der Waals surface area contributed by atoms with Crippen molar-refractivity contribution >= 4 is 0 Å². The molecule has 2 rings (SSSR count). The summed E-state index contributed by atoms with van der Waals surface area (Å²) in [6, 6.07) is 2.34. The Morgan fingerprint density at radius 3 is 3.12 bits per heavy atom. The monoisotopic (exact) mass is 223 g/mol. The molecular formula is C12H21N3O. The molecule has 0 amide bonds. The normalized spacial score (nSPS) is 22.6. The lowest BCUT2D eigenvalue weighted by Crippen LogP contribution is -2.36. The van der Waals surface area contributed by atoms with Gasteiger partial charge in [-0.1, -0.05) is 0 Å². The third-order valence-corrected chi connectivity index (χ3v) is 3.27. The molecule has 2 heterocycles. The van der Waals surface area contributed by atoms with Crippen molar-refractivity contribution in [3.05, 3.63) is 17.5 Å². The average molecular weight is 223 g/mol. The topological polar surface area (TPSA) is 50.1 Å². The van der Waals surface area contributed by atoms with Crippen molar-refractivity contribution in [2.24, 2.45) is 0 Å². The van der Waals surface area contributed by atoms with Gasteiger partial charge in [-0.05, 0) is 39.3 Å². The quantitative estimate of drug-likeness (QED) is 0.796. The molecule has 1 aromatic rings. The van der Waals surface area contributed by atoms with Gasteiger partial charge in [0.15, 0.2) is 0 Å². The van der Waals surface area contributed by atoms with Gasteiger partial charge < -0.3 is 10.4 Å². The second kappa shape index (κ2) is 4.97. The molecule has 2 atom stereocenters. The van der Waals surface area contributed by atoms with Gasteiger partial charge in [0.1, 0.15) is 0 Å². The van der Waals surface area contributed by atoms with E-state index < -0.39 is 0 Å². The van der Waals surface area contributed by atoms with Crippen LogP contribution in [-0.2, 0) is 13.0 Å². The van der Waals surface area contributed by atoms with Crippen LogP contribution in [0.25, 0.3) is 0 Å². The highest BCUT2D eigenvalue weighted by Gasteiger charge is 2.23. The first-order chi connectivity index (χ1) is 7.70. The van der Waals surface area contributed by atoms with E-state index in [2.05, 4.69) is 23.4 Å². The molecule has 2 unspecified atom stereocenters. The van der Waals surface area contributed by atoms with Crippen molar-refractivity contribution in [2.45, 2.75) is 51.8 Å². The maximum atomic E-state index is 10.1. The molecule has 0 aliphatic carbocycles. The molecule has 0 aromatic carbocycles. The lowest BCUT2D eigenvalue weighted by molar-refractivity contribution is 0.133. The van der Waals surface area contributed by atoms with Crippen LogP contribution in [0.2, 0.25) is 0 Å². The summed E-state index contributed by atoms with van der Waals surface area (Å²) in [5.41, 5.74) is 2.17. The molecular weight excluding hydrogens is 202 g/mol. The predicted octanol–water partition coefficient (Wildman–Crippen LogP) is 0.867. The van der Waals surface area contributed by atoms with Gasteiger partial charge in [0.05, 0.1) is 11.8 Å². The zero-order valence-corrected chi connectivity index (χ0v) is 10.1. The van der Waals surface area contributed by atoms with Crippen LogP contribution < -0.4 is 5.32 Å². The standard InChI is InChI=1S/C12H21N3O/c1-3-15-10(7-9(2)14-15)8-12(16)11-5-4-6-13-11/h7,11-13,16H,3-6,8H2,1-2H3. The summed E-state index contributed by atoms with van der Waals surface area (Å²) in [6.45, 7) is 5.98. The Balaban J connectivity index is 2.01. The Hall–Kier alpha value is -0.870. The molecule has 4 heteroatoms. The number of aryl methyl sites for hydroxylation is 2. The number of nitrogens with one attached hydrogen (secondary N) is 1. The molecule has 90 valence electrons. The lowest BCUT2D eigenvalue weighted by Gasteiger charge is -2.18. The van der Waals surface area contributed by atoms with E-state index in [-0.39, 0.29) is 12.1 Å². The summed E-state index contributed by atoms with van der Waals surface area (Å²) in [5.74, 6) is 0. The Kier molecular flexibility index (Phi) is 3.61. The van der Waals surface area contributed by atoms with E-state index in [1.165, 1.54) is 6.42 Å². The van der Waals surface area contributed by atoms with E-state index in [0.29, 0.717) is 6.42 Å². The summed E-state index contributed by atoms with van der Waals surface area (Å²) in [7, 11) is 0. The zero-order chi connectivity index (χ0) is 11.5. The van der Waals surface area contributed by atoms with Crippen molar-refractivity contribution in [1.29, 1.82) is 0 Å². The average Bonchev–Trinajstić information content (AvgIpc) is 2.87. The number of hydrogen-bond acceptors (Lipinski definition) is 3. The Labute approximate surface area is 96.7 Å². The van der Waals surface area contributed by atoms with Crippen molar-refractivity contribution in [3.8, 4) is 0 Å². The summed E-state index contributed by atoms with van der Waals surface area (Å²) >= 11 is 0. The van der Waals surface area contributed by atoms with Gasteiger partial charge in [0, 0.05) is 24.7 Å². The van der Waals surface area contributed by atoms with E-state index in [1.807, 2.05) is 11.6 Å². The number of aliphatic hydroxyl groups is 1. The van der Waals surface area contributed by atoms with Crippen LogP contribution in [-0.4, -0.2) is 33.6 Å². The Morgan fingerprint density at radius 2 is 2.50 bits per heavy atom. The van der Waals surface area contributed by atoms with Gasteiger partial charge in [0.2, 0.25) is 0 Å². The molecule has 2 N–H and O–H groups in total. The minimum absolute atomic E-state index is 0.264. The van der Waals surface area contributed by atoms with Crippen LogP contribution >= 0.6 is 0 Å². The van der Waals surface area contributed by atoms with E-state index in [4.69, 9.17) is 0 Å². The van der Waals surface area contributed by atoms with Crippen molar-refractivity contribution in [3.63, 3.8) is 0 Å². The van der Waals surface area contributed by atoms with Crippen molar-refractivity contribution in [2.75, 3.05) is 6.54 Å². The van der Waals surface area contributed by atoms with E-state index in [1.54, 1.807) is 0 Å². The van der Waals surface area contributed by atoms with Gasteiger partial charge in [-0.25, -0.2) is 0 Å². The molecule has 1 fully saturated rings. The molecule has 1 aliphatic heterocycles. The van der Waals surface area contributed by atoms with Crippen LogP contribution in [0.15, 0.2) is 6.07 Å². The fourth-order valence-corrected chi connectivity index (χ4v) is 2.43. The first kappa shape index (κ1) is 11.6. The first-order valence-corrected chi connectivity index (χ1v) is 6.15. The SMILES string of the molecule is CCn1nc(C)cc1CC(O)C1CCCN1. The van der Waals surface area contributed by atoms with Gasteiger partial charge in [-0.15, -0.1) is 0 Å². The zero-order valence-electron chi connectivity index (χ0n) is 10.1. The summed E-state index contributed by atoms with van der Waals surface area (Å²) < 4.78 is 1.98. The van der Waals surface area contributed by atoms with Crippen LogP contribution in [0, 0.1) is 6.92 Å². The third-order valence-electron chi connectivity index (χ3n) is 3.27. The highest BCUT2D eigenvalue weighted by molar-refractivity contribution is 5.10. The van der Waals surface area contributed by atoms with Gasteiger partial charge in [0.25, 0.3) is 0 Å². The summed E-state index contributed by atoms with van der Waals surface area (Å²) in [4.78, 5) is 0. The van der Waals surface area contributed by atoms with Crippen LogP contribution in [0.1, 0.15) is 31.2 Å². The molecule has 0 spiro atoms. The van der Waals surface area contributed by atoms with Gasteiger partial charge in [-0.3, -0.25) is 4.68 Å². The maximum Gasteiger partial charge on any atom is 0.0748 e. The van der Waals surface area contributed by atoms with Gasteiger partial charge >= 0.3 is 0 Å². The van der Waals surface area contributed by atoms with Crippen LogP contribution in [0.4, 0.5) is 0 Å². The molecule has 4 nitrogen and oxygen atoms in total. The van der Waals surface area contributed by atoms with E-state index in [0.717, 1.165) is 30.9 Å². The first-order valence-electron chi connectivity index (χ1n) is 6.15. The molecule has 16 heavy (non-hydrogen) atoms. The molecule has 1 aliphatic rings. The Bertz CT molecular complexity index is 342. The van der Waals surface area contributed by atoms with E-state index in [9.17, 15) is 5.11 Å². The fourth-order valence-electron chi connectivity index (χ4n) is 2.43. The number of hydrogen-bond donors (Lipinski definition) is 2. The molecule has 1 aromatic heterocycles. The van der Waals surface area contributed by atoms with Crippen molar-refractivity contribution in [1.82, 2.24) is 15.1 Å². The molecule has 1 saturated heterocycles. The number of aromatic nitrogens is 2. The number of nitrogens with zero attached hydrogens (tertiary/aromatic N) is 2. The smallest absolute Gasteiger partial charge is 0.0748 e. The summed E-state index contributed by atoms with van der Waals surface area (Å²) in [5, 5.41) is 17.9.